The number of hydrogen-bond acceptors (Lipinski definition) is 1. The van der Waals surface area contributed by atoms with Crippen molar-refractivity contribution in [1.29, 1.82) is 0 Å². The molecule has 0 spiro atoms. The number of rotatable bonds is 1. The zero-order chi connectivity index (χ0) is 5.70. The molecule has 0 unspecified atom stereocenters. The second-order valence-corrected chi connectivity index (χ2v) is 4.11. The molecule has 0 aliphatic rings. The van der Waals surface area contributed by atoms with Gasteiger partial charge in [0, 0.05) is 0 Å². The number of allylic oxidation sites excluding steroid dienone is 1. The molecule has 0 bridgehead atoms. The molecule has 0 saturated carbocycles. The minimum atomic E-state index is 0.0790. The Morgan fingerprint density at radius 3 is 2.29 bits per heavy atom. The fourth-order valence-corrected chi connectivity index (χ4v) is 1.27. The van der Waals surface area contributed by atoms with Crippen LogP contribution in [0.4, 0.5) is 0 Å². The predicted molar refractivity (Wildman–Crippen MR) is 43.7 cm³/mol. The predicted octanol–water partition coefficient (Wildman–Crippen LogP) is 1.60. The van der Waals surface area contributed by atoms with E-state index < -0.39 is 0 Å². The maximum absolute atomic E-state index is 5.46. The summed E-state index contributed by atoms with van der Waals surface area (Å²) in [4.78, 5) is 0. The van der Waals surface area contributed by atoms with Gasteiger partial charge in [-0.1, -0.05) is 30.8 Å². The van der Waals surface area contributed by atoms with E-state index in [1.54, 1.807) is 0 Å². The molecule has 0 amide bonds. The molecule has 0 saturated heterocycles. The molecule has 0 aliphatic heterocycles. The first-order chi connectivity index (χ1) is 3.31. The fourth-order valence-electron chi connectivity index (χ4n) is 0.189. The van der Waals surface area contributed by atoms with Gasteiger partial charge in [-0.15, -0.1) is 0 Å². The molecular weight excluding hydrogens is 201 g/mol. The summed E-state index contributed by atoms with van der Waals surface area (Å²) < 4.78 is 3.20. The van der Waals surface area contributed by atoms with E-state index >= 15 is 0 Å². The average molecular weight is 211 g/mol. The van der Waals surface area contributed by atoms with E-state index in [9.17, 15) is 0 Å². The van der Waals surface area contributed by atoms with Gasteiger partial charge in [0.05, 0.1) is 3.70 Å². The van der Waals surface area contributed by atoms with Crippen molar-refractivity contribution in [3.05, 3.63) is 9.78 Å². The Morgan fingerprint density at radius 1 is 1.57 bits per heavy atom. The van der Waals surface area contributed by atoms with Crippen LogP contribution in [0.15, 0.2) is 9.78 Å². The van der Waals surface area contributed by atoms with E-state index in [1.165, 1.54) is 0 Å². The topological polar surface area (TPSA) is 26.0 Å². The van der Waals surface area contributed by atoms with Gasteiger partial charge in [0.1, 0.15) is 0 Å². The molecule has 7 heavy (non-hydrogen) atoms. The third-order valence-electron chi connectivity index (χ3n) is 0.511. The minimum Gasteiger partial charge on any atom is -0.394 e. The average Bonchev–Trinajstić information content (AvgIpc) is 1.68. The molecule has 42 valence electrons. The highest BCUT2D eigenvalue weighted by atomic mass is 127. The van der Waals surface area contributed by atoms with Gasteiger partial charge in [-0.3, -0.25) is 0 Å². The van der Waals surface area contributed by atoms with Crippen LogP contribution in [0.25, 0.3) is 0 Å². The molecule has 0 atom stereocenters. The first-order valence-electron chi connectivity index (χ1n) is 2.14. The molecule has 0 fully saturated rings. The lowest BCUT2D eigenvalue weighted by Crippen LogP contribution is -1.84. The Hall–Kier alpha value is 0.140. The third-order valence-corrected chi connectivity index (χ3v) is 2.48. The van der Waals surface area contributed by atoms with Gasteiger partial charge >= 0.3 is 0 Å². The highest BCUT2D eigenvalue weighted by Gasteiger charge is 1.70. The van der Waals surface area contributed by atoms with Gasteiger partial charge in [0.25, 0.3) is 0 Å². The maximum atomic E-state index is 5.46. The van der Waals surface area contributed by atoms with E-state index in [-0.39, 0.29) is 20.7 Å². The van der Waals surface area contributed by atoms with E-state index in [0.717, 1.165) is 3.70 Å². The first-order valence-corrected chi connectivity index (χ1v) is 4.46. The van der Waals surface area contributed by atoms with Gasteiger partial charge in [0.2, 0.25) is 0 Å². The van der Waals surface area contributed by atoms with Crippen LogP contribution in [0.2, 0.25) is 0 Å². The summed E-state index contributed by atoms with van der Waals surface area (Å²) in [6.45, 7) is 4.02. The molecule has 2 N–H and O–H groups in total. The zero-order valence-electron chi connectivity index (χ0n) is 4.61. The lowest BCUT2D eigenvalue weighted by Gasteiger charge is -1.81. The first kappa shape index (κ1) is 7.14. The molecule has 1 nitrogen and oxygen atoms in total. The van der Waals surface area contributed by atoms with Gasteiger partial charge < -0.3 is 5.73 Å². The van der Waals surface area contributed by atoms with Crippen LogP contribution < -0.4 is 5.73 Å². The Labute approximate surface area is 54.3 Å². The standard InChI is InChI=1S/C5H10IN/c1-3-5(7)6-4-2/h3-4H,7H2,1-2H3/b5-3+. The van der Waals surface area contributed by atoms with Gasteiger partial charge in [-0.2, -0.15) is 0 Å². The van der Waals surface area contributed by atoms with Crippen molar-refractivity contribution in [2.75, 3.05) is 0 Å². The van der Waals surface area contributed by atoms with Crippen LogP contribution in [0.3, 0.4) is 0 Å². The zero-order valence-corrected chi connectivity index (χ0v) is 6.77. The van der Waals surface area contributed by atoms with E-state index in [4.69, 9.17) is 5.73 Å². The fraction of sp³-hybridized carbons (Fsp3) is 0.400. The number of nitrogens with two attached hydrogens (primary N) is 1. The van der Waals surface area contributed by atoms with Gasteiger partial charge in [-0.05, 0) is 13.8 Å². The Bertz CT molecular complexity index is 94.3. The summed E-state index contributed by atoms with van der Waals surface area (Å²) in [5, 5.41) is 0. The van der Waals surface area contributed by atoms with Crippen molar-refractivity contribution in [2.24, 2.45) is 5.73 Å². The quantitative estimate of drug-likeness (QED) is 0.517. The van der Waals surface area contributed by atoms with Crippen molar-refractivity contribution in [1.82, 2.24) is 0 Å². The molecule has 0 radical (unpaired) electrons. The molecule has 0 aliphatic carbocycles. The van der Waals surface area contributed by atoms with Gasteiger partial charge in [-0.25, -0.2) is 0 Å². The largest absolute Gasteiger partial charge is 0.394 e. The minimum absolute atomic E-state index is 0.0790. The van der Waals surface area contributed by atoms with Crippen molar-refractivity contribution >= 4 is 24.7 Å². The summed E-state index contributed by atoms with van der Waals surface area (Å²) in [5.41, 5.74) is 5.46. The van der Waals surface area contributed by atoms with E-state index in [1.807, 2.05) is 19.9 Å². The van der Waals surface area contributed by atoms with E-state index in [0.29, 0.717) is 0 Å². The molecule has 0 aromatic heterocycles. The van der Waals surface area contributed by atoms with Crippen LogP contribution in [0.1, 0.15) is 13.8 Å². The summed E-state index contributed by atoms with van der Waals surface area (Å²) in [7, 11) is 0. The van der Waals surface area contributed by atoms with Crippen molar-refractivity contribution < 1.29 is 0 Å². The highest BCUT2D eigenvalue weighted by molar-refractivity contribution is 14.2. The molecule has 0 rings (SSSR count). The van der Waals surface area contributed by atoms with Gasteiger partial charge in [0.15, 0.2) is 0 Å². The molecule has 0 heterocycles. The normalized spacial score (nSPS) is 14.3. The van der Waals surface area contributed by atoms with Crippen LogP contribution in [-0.4, -0.2) is 4.01 Å². The van der Waals surface area contributed by atoms with Crippen molar-refractivity contribution in [3.63, 3.8) is 0 Å². The summed E-state index contributed by atoms with van der Waals surface area (Å²) in [6.07, 6.45) is 1.97. The lowest BCUT2D eigenvalue weighted by atomic mass is 10.7. The molecule has 2 heteroatoms. The van der Waals surface area contributed by atoms with Crippen LogP contribution in [-0.2, 0) is 0 Å². The van der Waals surface area contributed by atoms with Crippen molar-refractivity contribution in [3.8, 4) is 0 Å². The molecular formula is C5H10IN. The Morgan fingerprint density at radius 2 is 2.14 bits per heavy atom. The monoisotopic (exact) mass is 211 g/mol. The molecule has 0 aromatic rings. The summed E-state index contributed by atoms with van der Waals surface area (Å²) >= 11 is 0.0790. The smallest absolute Gasteiger partial charge is 0.0604 e. The third kappa shape index (κ3) is 3.98. The summed E-state index contributed by atoms with van der Waals surface area (Å²) in [5.74, 6) is 0. The van der Waals surface area contributed by atoms with Crippen LogP contribution in [0.5, 0.6) is 0 Å². The molecule has 0 aromatic carbocycles. The van der Waals surface area contributed by atoms with Crippen LogP contribution in [0, 0.1) is 0 Å². The highest BCUT2D eigenvalue weighted by Crippen LogP contribution is 2.03. The Balaban J connectivity index is 3.58. The van der Waals surface area contributed by atoms with E-state index in [2.05, 4.69) is 4.01 Å². The SMILES string of the molecule is CC=I/C(N)=C\C. The lowest BCUT2D eigenvalue weighted by molar-refractivity contribution is 1.53. The van der Waals surface area contributed by atoms with Crippen LogP contribution >= 0.6 is 20.7 Å². The summed E-state index contributed by atoms with van der Waals surface area (Å²) in [6, 6.07) is 0. The number of hydrogen-bond donors (Lipinski definition) is 1. The van der Waals surface area contributed by atoms with Crippen molar-refractivity contribution in [2.45, 2.75) is 13.8 Å². The second kappa shape index (κ2) is 4.30. The second-order valence-electron chi connectivity index (χ2n) is 1.00. The Kier molecular flexibility index (Phi) is 4.39. The maximum Gasteiger partial charge on any atom is 0.0604 e. The number of halogens is 1.